The van der Waals surface area contributed by atoms with E-state index in [4.69, 9.17) is 16.3 Å². The minimum Gasteiger partial charge on any atom is -0.496 e. The second kappa shape index (κ2) is 8.08. The molecule has 3 rings (SSSR count). The van der Waals surface area contributed by atoms with E-state index in [1.165, 1.54) is 12.3 Å². The van der Waals surface area contributed by atoms with Gasteiger partial charge in [0.1, 0.15) is 23.0 Å². The van der Waals surface area contributed by atoms with Crippen LogP contribution in [-0.2, 0) is 15.1 Å². The normalized spacial score (nSPS) is 18.6. The predicted molar refractivity (Wildman–Crippen MR) is 108 cm³/mol. The fourth-order valence-corrected chi connectivity index (χ4v) is 3.55. The highest BCUT2D eigenvalue weighted by atomic mass is 35.5. The number of carbonyl (C=O) groups excluding carboxylic acids is 3. The molecule has 1 fully saturated rings. The van der Waals surface area contributed by atoms with Crippen LogP contribution in [0.25, 0.3) is 0 Å². The van der Waals surface area contributed by atoms with Crippen molar-refractivity contribution in [3.05, 3.63) is 52.8 Å². The van der Waals surface area contributed by atoms with Crippen LogP contribution in [-0.4, -0.2) is 41.4 Å². The monoisotopic (exact) mass is 416 g/mol. The lowest BCUT2D eigenvalue weighted by Gasteiger charge is -2.26. The Labute approximate surface area is 173 Å². The summed E-state index contributed by atoms with van der Waals surface area (Å²) in [4.78, 5) is 42.8. The number of hydrogen-bond donors (Lipinski definition) is 2. The highest BCUT2D eigenvalue weighted by Crippen LogP contribution is 2.34. The lowest BCUT2D eigenvalue weighted by atomic mass is 9.86. The van der Waals surface area contributed by atoms with Gasteiger partial charge in [0, 0.05) is 11.9 Å². The SMILES string of the molecule is CCC1(c2ccc(OC)c(C)c2)NC(=O)N(CC(=O)Nc2ccnc(Cl)c2)C1=O. The van der Waals surface area contributed by atoms with Gasteiger partial charge in [0.05, 0.1) is 7.11 Å². The molecule has 0 saturated carbocycles. The summed E-state index contributed by atoms with van der Waals surface area (Å²) in [5, 5.41) is 5.59. The molecule has 4 amide bonds. The van der Waals surface area contributed by atoms with Crippen LogP contribution in [0.15, 0.2) is 36.5 Å². The molecule has 1 atom stereocenters. The van der Waals surface area contributed by atoms with Crippen molar-refractivity contribution in [1.82, 2.24) is 15.2 Å². The second-order valence-corrected chi connectivity index (χ2v) is 7.07. The Morgan fingerprint density at radius 1 is 1.31 bits per heavy atom. The smallest absolute Gasteiger partial charge is 0.325 e. The molecule has 9 heteroatoms. The number of nitrogens with one attached hydrogen (secondary N) is 2. The maximum atomic E-state index is 13.2. The number of urea groups is 1. The molecule has 8 nitrogen and oxygen atoms in total. The Kier molecular flexibility index (Phi) is 5.74. The highest BCUT2D eigenvalue weighted by Gasteiger charge is 2.51. The molecule has 0 aliphatic carbocycles. The van der Waals surface area contributed by atoms with E-state index in [2.05, 4.69) is 15.6 Å². The Morgan fingerprint density at radius 3 is 2.69 bits per heavy atom. The summed E-state index contributed by atoms with van der Waals surface area (Å²) in [5.41, 5.74) is 0.676. The molecule has 1 aliphatic heterocycles. The maximum Gasteiger partial charge on any atom is 0.325 e. The molecule has 1 aromatic carbocycles. The fourth-order valence-electron chi connectivity index (χ4n) is 3.38. The summed E-state index contributed by atoms with van der Waals surface area (Å²) >= 11 is 5.80. The number of imide groups is 1. The number of aryl methyl sites for hydroxylation is 1. The number of pyridine rings is 1. The van der Waals surface area contributed by atoms with Crippen LogP contribution in [0, 0.1) is 6.92 Å². The average Bonchev–Trinajstić information content (AvgIpc) is 2.93. The van der Waals surface area contributed by atoms with Crippen molar-refractivity contribution in [2.24, 2.45) is 0 Å². The van der Waals surface area contributed by atoms with E-state index in [0.717, 1.165) is 10.5 Å². The number of halogens is 1. The molecule has 0 spiro atoms. The molecule has 1 aliphatic rings. The summed E-state index contributed by atoms with van der Waals surface area (Å²) in [6.07, 6.45) is 1.78. The molecule has 29 heavy (non-hydrogen) atoms. The number of benzene rings is 1. The van der Waals surface area contributed by atoms with Gasteiger partial charge in [-0.15, -0.1) is 0 Å². The lowest BCUT2D eigenvalue weighted by Crippen LogP contribution is -2.44. The van der Waals surface area contributed by atoms with Gasteiger partial charge in [-0.1, -0.05) is 24.6 Å². The number of methoxy groups -OCH3 is 1. The third-order valence-corrected chi connectivity index (χ3v) is 5.11. The van der Waals surface area contributed by atoms with Gasteiger partial charge in [-0.25, -0.2) is 9.78 Å². The van der Waals surface area contributed by atoms with Crippen LogP contribution < -0.4 is 15.4 Å². The summed E-state index contributed by atoms with van der Waals surface area (Å²) in [6, 6.07) is 7.73. The topological polar surface area (TPSA) is 101 Å². The standard InChI is InChI=1S/C20H21ClN4O4/c1-4-20(13-5-6-15(29-3)12(2)9-13)18(27)25(19(28)24-20)11-17(26)23-14-7-8-22-16(21)10-14/h5-10H,4,11H2,1-3H3,(H,24,28)(H,22,23,26). The second-order valence-electron chi connectivity index (χ2n) is 6.68. The first kappa shape index (κ1) is 20.6. The molecule has 152 valence electrons. The van der Waals surface area contributed by atoms with Crippen molar-refractivity contribution in [1.29, 1.82) is 0 Å². The van der Waals surface area contributed by atoms with Crippen molar-refractivity contribution in [2.75, 3.05) is 19.0 Å². The summed E-state index contributed by atoms with van der Waals surface area (Å²) in [5.74, 6) is -0.310. The zero-order valence-electron chi connectivity index (χ0n) is 16.3. The first-order chi connectivity index (χ1) is 13.8. The average molecular weight is 417 g/mol. The Hall–Kier alpha value is -3.13. The maximum absolute atomic E-state index is 13.2. The van der Waals surface area contributed by atoms with Crippen LogP contribution in [0.3, 0.4) is 0 Å². The first-order valence-corrected chi connectivity index (χ1v) is 9.39. The number of rotatable bonds is 6. The summed E-state index contributed by atoms with van der Waals surface area (Å²) < 4.78 is 5.27. The predicted octanol–water partition coefficient (Wildman–Crippen LogP) is 2.85. The van der Waals surface area contributed by atoms with Gasteiger partial charge in [0.2, 0.25) is 5.91 Å². The van der Waals surface area contributed by atoms with Crippen molar-refractivity contribution in [2.45, 2.75) is 25.8 Å². The number of ether oxygens (including phenoxy) is 1. The molecule has 2 N–H and O–H groups in total. The van der Waals surface area contributed by atoms with Gasteiger partial charge in [-0.2, -0.15) is 0 Å². The van der Waals surface area contributed by atoms with E-state index in [1.54, 1.807) is 32.2 Å². The molecular weight excluding hydrogens is 396 g/mol. The molecule has 0 bridgehead atoms. The van der Waals surface area contributed by atoms with Crippen LogP contribution in [0.5, 0.6) is 5.75 Å². The van der Waals surface area contributed by atoms with Crippen LogP contribution in [0.2, 0.25) is 5.15 Å². The zero-order chi connectivity index (χ0) is 21.2. The number of amides is 4. The number of nitrogens with zero attached hydrogens (tertiary/aromatic N) is 2. The Bertz CT molecular complexity index is 981. The minimum absolute atomic E-state index is 0.220. The molecule has 1 aromatic heterocycles. The third-order valence-electron chi connectivity index (χ3n) is 4.91. The van der Waals surface area contributed by atoms with Crippen molar-refractivity contribution in [3.63, 3.8) is 0 Å². The van der Waals surface area contributed by atoms with Gasteiger partial charge < -0.3 is 15.4 Å². The van der Waals surface area contributed by atoms with E-state index < -0.39 is 29.9 Å². The van der Waals surface area contributed by atoms with Gasteiger partial charge in [0.25, 0.3) is 5.91 Å². The van der Waals surface area contributed by atoms with Crippen LogP contribution in [0.4, 0.5) is 10.5 Å². The first-order valence-electron chi connectivity index (χ1n) is 9.01. The quantitative estimate of drug-likeness (QED) is 0.557. The van der Waals surface area contributed by atoms with E-state index in [-0.39, 0.29) is 5.15 Å². The Balaban J connectivity index is 1.82. The molecule has 1 saturated heterocycles. The molecule has 0 radical (unpaired) electrons. The molecular formula is C20H21ClN4O4. The van der Waals surface area contributed by atoms with Gasteiger partial charge in [-0.05, 0) is 48.7 Å². The van der Waals surface area contributed by atoms with E-state index >= 15 is 0 Å². The number of anilines is 1. The van der Waals surface area contributed by atoms with Crippen LogP contribution in [0.1, 0.15) is 24.5 Å². The van der Waals surface area contributed by atoms with E-state index in [9.17, 15) is 14.4 Å². The zero-order valence-corrected chi connectivity index (χ0v) is 17.0. The number of hydrogen-bond acceptors (Lipinski definition) is 5. The lowest BCUT2D eigenvalue weighted by molar-refractivity contribution is -0.134. The molecule has 2 heterocycles. The van der Waals surface area contributed by atoms with Crippen LogP contribution >= 0.6 is 11.6 Å². The highest BCUT2D eigenvalue weighted by molar-refractivity contribution is 6.29. The molecule has 2 aromatic rings. The van der Waals surface area contributed by atoms with Gasteiger partial charge in [-0.3, -0.25) is 14.5 Å². The minimum atomic E-state index is -1.23. The van der Waals surface area contributed by atoms with Crippen molar-refractivity contribution >= 4 is 35.1 Å². The number of aromatic nitrogens is 1. The molecule has 1 unspecified atom stereocenters. The largest absolute Gasteiger partial charge is 0.496 e. The van der Waals surface area contributed by atoms with Gasteiger partial charge >= 0.3 is 6.03 Å². The van der Waals surface area contributed by atoms with Gasteiger partial charge in [0.15, 0.2) is 0 Å². The van der Waals surface area contributed by atoms with E-state index in [1.807, 2.05) is 13.0 Å². The fraction of sp³-hybridized carbons (Fsp3) is 0.300. The van der Waals surface area contributed by atoms with E-state index in [0.29, 0.717) is 23.4 Å². The van der Waals surface area contributed by atoms with Crippen molar-refractivity contribution < 1.29 is 19.1 Å². The summed E-state index contributed by atoms with van der Waals surface area (Å²) in [6.45, 7) is 3.25. The van der Waals surface area contributed by atoms with Crippen molar-refractivity contribution in [3.8, 4) is 5.75 Å². The summed E-state index contributed by atoms with van der Waals surface area (Å²) in [7, 11) is 1.57. The Morgan fingerprint density at radius 2 is 2.07 bits per heavy atom. The number of carbonyl (C=O) groups is 3. The third kappa shape index (κ3) is 3.88.